The molecule has 0 unspecified atom stereocenters. The second kappa shape index (κ2) is 6.29. The van der Waals surface area contributed by atoms with Gasteiger partial charge in [0, 0.05) is 24.3 Å². The van der Waals surface area contributed by atoms with Gasteiger partial charge in [0.15, 0.2) is 0 Å². The van der Waals surface area contributed by atoms with Crippen LogP contribution in [-0.2, 0) is 12.3 Å². The molecule has 6 heteroatoms. The van der Waals surface area contributed by atoms with Gasteiger partial charge in [0.2, 0.25) is 0 Å². The van der Waals surface area contributed by atoms with Gasteiger partial charge in [0.05, 0.1) is 23.0 Å². The normalized spacial score (nSPS) is 10.6. The minimum atomic E-state index is 0.641. The third-order valence-electron chi connectivity index (χ3n) is 2.64. The lowest BCUT2D eigenvalue weighted by Crippen LogP contribution is -2.01. The quantitative estimate of drug-likeness (QED) is 0.673. The smallest absolute Gasteiger partial charge is 0.0963 e. The summed E-state index contributed by atoms with van der Waals surface area (Å²) in [5.41, 5.74) is 1.91. The van der Waals surface area contributed by atoms with Crippen LogP contribution in [0.25, 0.3) is 0 Å². The maximum atomic E-state index is 4.27. The molecule has 0 aliphatic carbocycles. The van der Waals surface area contributed by atoms with Crippen LogP contribution in [0.15, 0.2) is 60.0 Å². The minimum Gasteiger partial charge on any atom is -0.259 e. The molecule has 0 spiro atoms. The molecule has 0 fully saturated rings. The summed E-state index contributed by atoms with van der Waals surface area (Å²) in [7, 11) is 0. The van der Waals surface area contributed by atoms with E-state index in [1.165, 1.54) is 0 Å². The summed E-state index contributed by atoms with van der Waals surface area (Å²) in [4.78, 5) is 8.54. The molecular weight excluding hydrogens is 270 g/mol. The van der Waals surface area contributed by atoms with Gasteiger partial charge in [0.1, 0.15) is 0 Å². The Kier molecular flexibility index (Phi) is 4.03. The maximum Gasteiger partial charge on any atom is 0.0963 e. The van der Waals surface area contributed by atoms with Crippen molar-refractivity contribution in [3.05, 3.63) is 66.4 Å². The minimum absolute atomic E-state index is 0.641. The third kappa shape index (κ3) is 3.42. The van der Waals surface area contributed by atoms with Crippen LogP contribution in [0, 0.1) is 0 Å². The number of hydrogen-bond acceptors (Lipinski definition) is 5. The first-order valence-electron chi connectivity index (χ1n) is 6.23. The molecule has 0 aromatic carbocycles. The lowest BCUT2D eigenvalue weighted by molar-refractivity contribution is 0.638. The van der Waals surface area contributed by atoms with Crippen LogP contribution in [-0.4, -0.2) is 25.0 Å². The number of pyridine rings is 2. The Balaban J connectivity index is 1.60. The standard InChI is InChI=1S/C14H13N5S/c1-3-7-15-12(5-1)9-19-10-13(17-18-19)11-20-14-6-2-4-8-16-14/h1-8,10H,9,11H2. The van der Waals surface area contributed by atoms with Gasteiger partial charge in [-0.15, -0.1) is 5.10 Å². The summed E-state index contributed by atoms with van der Waals surface area (Å²) in [6.07, 6.45) is 5.52. The molecule has 100 valence electrons. The van der Waals surface area contributed by atoms with Crippen molar-refractivity contribution in [3.63, 3.8) is 0 Å². The topological polar surface area (TPSA) is 56.5 Å². The number of aromatic nitrogens is 5. The molecule has 0 aliphatic rings. The van der Waals surface area contributed by atoms with Gasteiger partial charge < -0.3 is 0 Å². The predicted octanol–water partition coefficient (Wildman–Crippen LogP) is 2.41. The van der Waals surface area contributed by atoms with E-state index in [0.717, 1.165) is 22.2 Å². The average molecular weight is 283 g/mol. The van der Waals surface area contributed by atoms with E-state index in [-0.39, 0.29) is 0 Å². The fourth-order valence-electron chi connectivity index (χ4n) is 1.72. The predicted molar refractivity (Wildman–Crippen MR) is 77.2 cm³/mol. The Hall–Kier alpha value is -2.21. The van der Waals surface area contributed by atoms with Crippen LogP contribution in [0.3, 0.4) is 0 Å². The van der Waals surface area contributed by atoms with Crippen molar-refractivity contribution in [1.29, 1.82) is 0 Å². The van der Waals surface area contributed by atoms with Gasteiger partial charge in [0.25, 0.3) is 0 Å². The van der Waals surface area contributed by atoms with Crippen molar-refractivity contribution in [3.8, 4) is 0 Å². The van der Waals surface area contributed by atoms with E-state index in [2.05, 4.69) is 20.3 Å². The molecule has 3 rings (SSSR count). The molecule has 3 aromatic heterocycles. The Labute approximate surface area is 121 Å². The molecule has 3 heterocycles. The SMILES string of the molecule is c1ccc(Cn2cc(CSc3ccccn3)nn2)nc1. The number of nitrogens with zero attached hydrogens (tertiary/aromatic N) is 5. The highest BCUT2D eigenvalue weighted by molar-refractivity contribution is 7.98. The van der Waals surface area contributed by atoms with Gasteiger partial charge in [-0.05, 0) is 24.3 Å². The highest BCUT2D eigenvalue weighted by Gasteiger charge is 2.03. The van der Waals surface area contributed by atoms with E-state index in [1.807, 2.05) is 42.6 Å². The Bertz CT molecular complexity index is 654. The Morgan fingerprint density at radius 3 is 2.55 bits per heavy atom. The van der Waals surface area contributed by atoms with Crippen LogP contribution in [0.1, 0.15) is 11.4 Å². The van der Waals surface area contributed by atoms with Crippen molar-refractivity contribution in [1.82, 2.24) is 25.0 Å². The first-order valence-corrected chi connectivity index (χ1v) is 7.21. The lowest BCUT2D eigenvalue weighted by Gasteiger charge is -1.98. The van der Waals surface area contributed by atoms with E-state index < -0.39 is 0 Å². The van der Waals surface area contributed by atoms with Crippen LogP contribution in [0.2, 0.25) is 0 Å². The van der Waals surface area contributed by atoms with Crippen molar-refractivity contribution in [2.75, 3.05) is 0 Å². The summed E-state index contributed by atoms with van der Waals surface area (Å²) in [6.45, 7) is 0.641. The largest absolute Gasteiger partial charge is 0.259 e. The van der Waals surface area contributed by atoms with E-state index in [1.54, 1.807) is 28.8 Å². The molecule has 0 radical (unpaired) electrons. The summed E-state index contributed by atoms with van der Waals surface area (Å²) in [6, 6.07) is 11.7. The molecule has 3 aromatic rings. The van der Waals surface area contributed by atoms with Crippen molar-refractivity contribution >= 4 is 11.8 Å². The van der Waals surface area contributed by atoms with E-state index in [9.17, 15) is 0 Å². The Morgan fingerprint density at radius 2 is 1.80 bits per heavy atom. The third-order valence-corrected chi connectivity index (χ3v) is 3.62. The highest BCUT2D eigenvalue weighted by atomic mass is 32.2. The van der Waals surface area contributed by atoms with Crippen molar-refractivity contribution in [2.45, 2.75) is 17.3 Å². The zero-order chi connectivity index (χ0) is 13.6. The molecule has 20 heavy (non-hydrogen) atoms. The lowest BCUT2D eigenvalue weighted by atomic mass is 10.3. The number of hydrogen-bond donors (Lipinski definition) is 0. The van der Waals surface area contributed by atoms with Gasteiger partial charge in [-0.1, -0.05) is 29.1 Å². The monoisotopic (exact) mass is 283 g/mol. The first kappa shape index (κ1) is 12.8. The summed E-state index contributed by atoms with van der Waals surface area (Å²) in [5, 5.41) is 9.27. The van der Waals surface area contributed by atoms with Gasteiger partial charge in [-0.3, -0.25) is 4.98 Å². The second-order valence-corrected chi connectivity index (χ2v) is 5.18. The average Bonchev–Trinajstić information content (AvgIpc) is 2.95. The second-order valence-electron chi connectivity index (χ2n) is 4.19. The zero-order valence-corrected chi connectivity index (χ0v) is 11.6. The zero-order valence-electron chi connectivity index (χ0n) is 10.8. The van der Waals surface area contributed by atoms with Crippen LogP contribution in [0.5, 0.6) is 0 Å². The van der Waals surface area contributed by atoms with E-state index in [0.29, 0.717) is 6.54 Å². The maximum absolute atomic E-state index is 4.27. The molecule has 0 atom stereocenters. The highest BCUT2D eigenvalue weighted by Crippen LogP contribution is 2.18. The molecule has 0 bridgehead atoms. The molecular formula is C14H13N5S. The van der Waals surface area contributed by atoms with Crippen LogP contribution >= 0.6 is 11.8 Å². The van der Waals surface area contributed by atoms with Crippen LogP contribution in [0.4, 0.5) is 0 Å². The molecule has 0 amide bonds. The fourth-order valence-corrected chi connectivity index (χ4v) is 2.46. The van der Waals surface area contributed by atoms with Crippen LogP contribution < -0.4 is 0 Å². The molecule has 5 nitrogen and oxygen atoms in total. The van der Waals surface area contributed by atoms with Gasteiger partial charge in [-0.25, -0.2) is 9.67 Å². The Morgan fingerprint density at radius 1 is 0.950 bits per heavy atom. The molecule has 0 N–H and O–H groups in total. The van der Waals surface area contributed by atoms with Crippen molar-refractivity contribution in [2.24, 2.45) is 0 Å². The van der Waals surface area contributed by atoms with Gasteiger partial charge >= 0.3 is 0 Å². The molecule has 0 saturated heterocycles. The molecule has 0 aliphatic heterocycles. The summed E-state index contributed by atoms with van der Waals surface area (Å²) >= 11 is 1.65. The van der Waals surface area contributed by atoms with Gasteiger partial charge in [-0.2, -0.15) is 0 Å². The molecule has 0 saturated carbocycles. The van der Waals surface area contributed by atoms with Crippen molar-refractivity contribution < 1.29 is 0 Å². The fraction of sp³-hybridized carbons (Fsp3) is 0.143. The van der Waals surface area contributed by atoms with E-state index in [4.69, 9.17) is 0 Å². The first-order chi connectivity index (χ1) is 9.90. The van der Waals surface area contributed by atoms with E-state index >= 15 is 0 Å². The summed E-state index contributed by atoms with van der Waals surface area (Å²) < 4.78 is 1.80. The summed E-state index contributed by atoms with van der Waals surface area (Å²) in [5.74, 6) is 0.763. The number of rotatable bonds is 5. The number of thioether (sulfide) groups is 1.